The molecule has 0 aliphatic rings. The predicted octanol–water partition coefficient (Wildman–Crippen LogP) is 2.27. The number of esters is 1. The second-order valence-corrected chi connectivity index (χ2v) is 3.77. The fourth-order valence-electron chi connectivity index (χ4n) is 1.38. The van der Waals surface area contributed by atoms with Gasteiger partial charge in [-0.2, -0.15) is 0 Å². The number of carbonyl (C=O) groups is 1. The van der Waals surface area contributed by atoms with Crippen molar-refractivity contribution in [3.63, 3.8) is 0 Å². The lowest BCUT2D eigenvalue weighted by molar-refractivity contribution is 0.0603. The highest BCUT2D eigenvalue weighted by Crippen LogP contribution is 2.30. The molecule has 2 aromatic rings. The van der Waals surface area contributed by atoms with Crippen LogP contribution in [0.5, 0.6) is 0 Å². The lowest BCUT2D eigenvalue weighted by Gasteiger charge is -1.99. The third-order valence-electron chi connectivity index (χ3n) is 2.04. The fraction of sp³-hybridized carbons (Fsp3) is 0.100. The molecule has 1 aromatic heterocycles. The number of carbonyl (C=O) groups excluding carboxylic acids is 1. The van der Waals surface area contributed by atoms with Crippen molar-refractivity contribution in [2.24, 2.45) is 0 Å². The number of thiophene rings is 1. The Morgan fingerprint density at radius 2 is 2.29 bits per heavy atom. The summed E-state index contributed by atoms with van der Waals surface area (Å²) in [7, 11) is 1.37. The van der Waals surface area contributed by atoms with Crippen LogP contribution in [-0.4, -0.2) is 13.1 Å². The number of hydrogen-bond acceptors (Lipinski definition) is 4. The molecule has 0 aliphatic heterocycles. The Hall–Kier alpha value is -1.55. The van der Waals surface area contributed by atoms with Gasteiger partial charge in [-0.05, 0) is 12.1 Å². The van der Waals surface area contributed by atoms with Crippen molar-refractivity contribution < 1.29 is 9.53 Å². The number of methoxy groups -OCH3 is 1. The molecule has 2 N–H and O–H groups in total. The molecular weight excluding hydrogens is 198 g/mol. The Kier molecular flexibility index (Phi) is 2.13. The van der Waals surface area contributed by atoms with Gasteiger partial charge in [-0.3, -0.25) is 0 Å². The molecule has 1 aromatic carbocycles. The zero-order valence-corrected chi connectivity index (χ0v) is 8.43. The summed E-state index contributed by atoms with van der Waals surface area (Å²) in [6, 6.07) is 5.58. The van der Waals surface area contributed by atoms with Gasteiger partial charge >= 0.3 is 5.97 Å². The minimum atomic E-state index is -0.339. The number of nitrogen functional groups attached to an aromatic ring is 1. The molecular formula is C10H9NO2S. The van der Waals surface area contributed by atoms with E-state index in [-0.39, 0.29) is 5.97 Å². The van der Waals surface area contributed by atoms with Crippen LogP contribution in [0.3, 0.4) is 0 Å². The minimum Gasteiger partial charge on any atom is -0.465 e. The second-order valence-electron chi connectivity index (χ2n) is 2.86. The van der Waals surface area contributed by atoms with Crippen LogP contribution in [0.15, 0.2) is 23.6 Å². The molecule has 0 radical (unpaired) electrons. The van der Waals surface area contributed by atoms with E-state index in [0.717, 1.165) is 10.1 Å². The highest BCUT2D eigenvalue weighted by atomic mass is 32.1. The molecule has 72 valence electrons. The summed E-state index contributed by atoms with van der Waals surface area (Å²) in [5.41, 5.74) is 6.95. The average Bonchev–Trinajstić information content (AvgIpc) is 2.62. The van der Waals surface area contributed by atoms with Crippen molar-refractivity contribution in [2.75, 3.05) is 12.8 Å². The first-order chi connectivity index (χ1) is 6.74. The molecule has 0 aliphatic carbocycles. The van der Waals surface area contributed by atoms with Crippen molar-refractivity contribution >= 4 is 33.1 Å². The number of benzene rings is 1. The van der Waals surface area contributed by atoms with Crippen LogP contribution < -0.4 is 5.73 Å². The van der Waals surface area contributed by atoms with E-state index in [9.17, 15) is 4.79 Å². The van der Waals surface area contributed by atoms with Gasteiger partial charge in [0.2, 0.25) is 0 Å². The fourth-order valence-corrected chi connectivity index (χ4v) is 2.34. The molecule has 3 nitrogen and oxygen atoms in total. The molecule has 0 amide bonds. The number of fused-ring (bicyclic) bond motifs is 1. The average molecular weight is 207 g/mol. The first-order valence-electron chi connectivity index (χ1n) is 4.08. The summed E-state index contributed by atoms with van der Waals surface area (Å²) < 4.78 is 5.67. The zero-order chi connectivity index (χ0) is 10.1. The Labute approximate surface area is 85.1 Å². The molecule has 0 saturated heterocycles. The van der Waals surface area contributed by atoms with Crippen LogP contribution in [-0.2, 0) is 4.74 Å². The van der Waals surface area contributed by atoms with Gasteiger partial charge in [0.05, 0.1) is 12.7 Å². The maximum atomic E-state index is 11.4. The van der Waals surface area contributed by atoms with E-state index >= 15 is 0 Å². The largest absolute Gasteiger partial charge is 0.465 e. The van der Waals surface area contributed by atoms with Gasteiger partial charge < -0.3 is 10.5 Å². The van der Waals surface area contributed by atoms with E-state index in [1.54, 1.807) is 11.4 Å². The van der Waals surface area contributed by atoms with E-state index < -0.39 is 0 Å². The van der Waals surface area contributed by atoms with Crippen LogP contribution in [0, 0.1) is 0 Å². The van der Waals surface area contributed by atoms with Crippen molar-refractivity contribution in [3.8, 4) is 0 Å². The maximum absolute atomic E-state index is 11.4. The Morgan fingerprint density at radius 1 is 1.50 bits per heavy atom. The number of rotatable bonds is 1. The molecule has 0 saturated carbocycles. The van der Waals surface area contributed by atoms with Crippen molar-refractivity contribution in [2.45, 2.75) is 0 Å². The van der Waals surface area contributed by atoms with Crippen LogP contribution in [0.4, 0.5) is 5.69 Å². The number of ether oxygens (including phenoxy) is 1. The lowest BCUT2D eigenvalue weighted by Crippen LogP contribution is -2.00. The van der Waals surface area contributed by atoms with Gasteiger partial charge in [0.1, 0.15) is 0 Å². The van der Waals surface area contributed by atoms with Crippen molar-refractivity contribution in [1.29, 1.82) is 0 Å². The summed E-state index contributed by atoms with van der Waals surface area (Å²) in [6.07, 6.45) is 0. The first kappa shape index (κ1) is 9.02. The zero-order valence-electron chi connectivity index (χ0n) is 7.61. The van der Waals surface area contributed by atoms with E-state index in [4.69, 9.17) is 5.73 Å². The highest BCUT2D eigenvalue weighted by Gasteiger charge is 2.13. The van der Waals surface area contributed by atoms with Crippen molar-refractivity contribution in [3.05, 3.63) is 29.1 Å². The van der Waals surface area contributed by atoms with Gasteiger partial charge in [-0.1, -0.05) is 6.07 Å². The smallest absolute Gasteiger partial charge is 0.339 e. The monoisotopic (exact) mass is 207 g/mol. The molecule has 0 fully saturated rings. The van der Waals surface area contributed by atoms with E-state index in [0.29, 0.717) is 11.3 Å². The normalized spacial score (nSPS) is 10.4. The van der Waals surface area contributed by atoms with Gasteiger partial charge in [0.15, 0.2) is 0 Å². The molecule has 0 spiro atoms. The number of hydrogen-bond donors (Lipinski definition) is 1. The molecule has 0 bridgehead atoms. The summed E-state index contributed by atoms with van der Waals surface area (Å²) >= 11 is 1.49. The van der Waals surface area contributed by atoms with Crippen LogP contribution in [0.1, 0.15) is 10.4 Å². The molecule has 0 atom stereocenters. The lowest BCUT2D eigenvalue weighted by atomic mass is 10.1. The third-order valence-corrected chi connectivity index (χ3v) is 2.98. The molecule has 14 heavy (non-hydrogen) atoms. The Bertz CT molecular complexity index is 490. The summed E-state index contributed by atoms with van der Waals surface area (Å²) in [5, 5.41) is 2.57. The van der Waals surface area contributed by atoms with Gasteiger partial charge in [0, 0.05) is 21.2 Å². The summed E-state index contributed by atoms with van der Waals surface area (Å²) in [5.74, 6) is -0.339. The first-order valence-corrected chi connectivity index (χ1v) is 4.96. The number of nitrogens with two attached hydrogens (primary N) is 1. The maximum Gasteiger partial charge on any atom is 0.339 e. The minimum absolute atomic E-state index is 0.339. The Balaban J connectivity index is 2.73. The standard InChI is InChI=1S/C10H9NO2S/c1-13-10(12)6-5-14-8-4-2-3-7(11)9(6)8/h2-5H,11H2,1H3. The van der Waals surface area contributed by atoms with Crippen molar-refractivity contribution in [1.82, 2.24) is 0 Å². The predicted molar refractivity (Wildman–Crippen MR) is 57.6 cm³/mol. The van der Waals surface area contributed by atoms with Gasteiger partial charge in [0.25, 0.3) is 0 Å². The third kappa shape index (κ3) is 1.24. The topological polar surface area (TPSA) is 52.3 Å². The van der Waals surface area contributed by atoms with Crippen LogP contribution >= 0.6 is 11.3 Å². The van der Waals surface area contributed by atoms with Gasteiger partial charge in [-0.25, -0.2) is 4.79 Å². The Morgan fingerprint density at radius 3 is 3.00 bits per heavy atom. The van der Waals surface area contributed by atoms with E-state index in [2.05, 4.69) is 4.74 Å². The molecule has 4 heteroatoms. The quantitative estimate of drug-likeness (QED) is 0.576. The number of anilines is 1. The molecule has 1 heterocycles. The summed E-state index contributed by atoms with van der Waals surface area (Å²) in [6.45, 7) is 0. The van der Waals surface area contributed by atoms with E-state index in [1.807, 2.05) is 12.1 Å². The van der Waals surface area contributed by atoms with Crippen LogP contribution in [0.2, 0.25) is 0 Å². The SMILES string of the molecule is COC(=O)c1csc2cccc(N)c12. The second kappa shape index (κ2) is 3.31. The molecule has 2 rings (SSSR count). The highest BCUT2D eigenvalue weighted by molar-refractivity contribution is 7.17. The van der Waals surface area contributed by atoms with Crippen LogP contribution in [0.25, 0.3) is 10.1 Å². The van der Waals surface area contributed by atoms with Gasteiger partial charge in [-0.15, -0.1) is 11.3 Å². The summed E-state index contributed by atoms with van der Waals surface area (Å²) in [4.78, 5) is 11.4. The molecule has 0 unspecified atom stereocenters. The van der Waals surface area contributed by atoms with E-state index in [1.165, 1.54) is 18.4 Å².